The van der Waals surface area contributed by atoms with Gasteiger partial charge in [-0.05, 0) is 73.7 Å². The third kappa shape index (κ3) is 6.34. The topological polar surface area (TPSA) is 109 Å². The van der Waals surface area contributed by atoms with E-state index < -0.39 is 17.5 Å². The average molecular weight is 631 g/mol. The second-order valence-corrected chi connectivity index (χ2v) is 12.4. The monoisotopic (exact) mass is 630 g/mol. The molecule has 2 aromatic carbocycles. The Morgan fingerprint density at radius 2 is 1.87 bits per heavy atom. The van der Waals surface area contributed by atoms with Crippen molar-refractivity contribution >= 4 is 40.5 Å². The Morgan fingerprint density at radius 3 is 2.62 bits per heavy atom. The largest absolute Gasteiger partial charge is 0.417 e. The summed E-state index contributed by atoms with van der Waals surface area (Å²) in [4.78, 5) is 48.1. The van der Waals surface area contributed by atoms with E-state index in [-0.39, 0.29) is 34.7 Å². The molecule has 0 spiro atoms. The van der Waals surface area contributed by atoms with Crippen LogP contribution in [0.3, 0.4) is 0 Å². The lowest BCUT2D eigenvalue weighted by molar-refractivity contribution is -0.140. The van der Waals surface area contributed by atoms with E-state index in [4.69, 9.17) is 4.74 Å². The standard InChI is InChI=1S/C33H35FN6O4S/c1-4-40-17-16-38(2)31(41)29(40)20-12-14-22(15-13-20)35-30-32(42)39(3)19-25(36-30)23-9-7-10-24(28(23)34)37-33(43)44-27-18-21-8-5-6-11-26(21)45-27/h7,9-10,12-15,18-19,29H,4-6,8,11,16-17H2,1-3H3,(H,35,36)(H,37,43). The number of nitrogens with one attached hydrogen (secondary N) is 2. The number of aryl methyl sites for hydroxylation is 3. The molecule has 1 aliphatic heterocycles. The third-order valence-electron chi connectivity index (χ3n) is 8.34. The Hall–Kier alpha value is -4.55. The molecule has 12 heteroatoms. The van der Waals surface area contributed by atoms with Gasteiger partial charge in [-0.2, -0.15) is 0 Å². The van der Waals surface area contributed by atoms with Crippen molar-refractivity contribution in [3.63, 3.8) is 0 Å². The smallest absolute Gasteiger partial charge is 0.399 e. The van der Waals surface area contributed by atoms with Gasteiger partial charge in [0.1, 0.15) is 6.04 Å². The van der Waals surface area contributed by atoms with E-state index in [9.17, 15) is 14.4 Å². The van der Waals surface area contributed by atoms with Gasteiger partial charge in [-0.3, -0.25) is 19.8 Å². The maximum Gasteiger partial charge on any atom is 0.417 e. The first kappa shape index (κ1) is 30.5. The molecule has 45 heavy (non-hydrogen) atoms. The number of hydrogen-bond donors (Lipinski definition) is 2. The van der Waals surface area contributed by atoms with Gasteiger partial charge in [-0.15, -0.1) is 11.3 Å². The van der Waals surface area contributed by atoms with Crippen LogP contribution < -0.4 is 20.9 Å². The van der Waals surface area contributed by atoms with Crippen LogP contribution in [0.5, 0.6) is 5.06 Å². The summed E-state index contributed by atoms with van der Waals surface area (Å²) in [7, 11) is 3.37. The summed E-state index contributed by atoms with van der Waals surface area (Å²) < 4.78 is 22.5. The molecule has 234 valence electrons. The molecule has 2 aromatic heterocycles. The minimum atomic E-state index is -0.785. The van der Waals surface area contributed by atoms with Gasteiger partial charge in [0.05, 0.1) is 11.4 Å². The van der Waals surface area contributed by atoms with Crippen molar-refractivity contribution < 1.29 is 18.7 Å². The van der Waals surface area contributed by atoms with Crippen molar-refractivity contribution in [2.45, 2.75) is 38.6 Å². The van der Waals surface area contributed by atoms with Gasteiger partial charge in [-0.1, -0.05) is 25.1 Å². The molecule has 1 fully saturated rings. The summed E-state index contributed by atoms with van der Waals surface area (Å²) in [6.07, 6.45) is 4.85. The highest BCUT2D eigenvalue weighted by Crippen LogP contribution is 2.35. The summed E-state index contributed by atoms with van der Waals surface area (Å²) >= 11 is 1.45. The number of carbonyl (C=O) groups is 2. The molecule has 1 saturated heterocycles. The van der Waals surface area contributed by atoms with Crippen molar-refractivity contribution in [3.8, 4) is 16.3 Å². The van der Waals surface area contributed by atoms with Crippen LogP contribution in [0.4, 0.5) is 26.4 Å². The number of amides is 2. The Balaban J connectivity index is 1.20. The summed E-state index contributed by atoms with van der Waals surface area (Å²) in [5.74, 6) is -0.654. The minimum absolute atomic E-state index is 0.00486. The molecule has 2 amide bonds. The van der Waals surface area contributed by atoms with Crippen LogP contribution >= 0.6 is 11.3 Å². The highest BCUT2D eigenvalue weighted by atomic mass is 32.1. The maximum absolute atomic E-state index is 15.7. The first-order valence-electron chi connectivity index (χ1n) is 15.0. The van der Waals surface area contributed by atoms with Crippen LogP contribution in [0.15, 0.2) is 59.5 Å². The minimum Gasteiger partial charge on any atom is -0.399 e. The molecule has 10 nitrogen and oxygen atoms in total. The van der Waals surface area contributed by atoms with Gasteiger partial charge in [0.25, 0.3) is 5.56 Å². The normalized spacial score (nSPS) is 16.8. The van der Waals surface area contributed by atoms with Crippen LogP contribution in [0, 0.1) is 5.82 Å². The van der Waals surface area contributed by atoms with Crippen molar-refractivity contribution in [1.29, 1.82) is 0 Å². The number of anilines is 3. The zero-order chi connectivity index (χ0) is 31.7. The molecule has 1 aliphatic carbocycles. The quantitative estimate of drug-likeness (QED) is 0.269. The molecule has 0 bridgehead atoms. The number of halogens is 1. The fourth-order valence-electron chi connectivity index (χ4n) is 5.85. The zero-order valence-corrected chi connectivity index (χ0v) is 26.2. The molecule has 0 radical (unpaired) electrons. The molecule has 2 N–H and O–H groups in total. The first-order valence-corrected chi connectivity index (χ1v) is 15.9. The van der Waals surface area contributed by atoms with E-state index in [1.54, 1.807) is 30.1 Å². The van der Waals surface area contributed by atoms with E-state index in [2.05, 4.69) is 20.5 Å². The Kier molecular flexibility index (Phi) is 8.68. The van der Waals surface area contributed by atoms with E-state index in [1.807, 2.05) is 32.2 Å². The van der Waals surface area contributed by atoms with Gasteiger partial charge < -0.3 is 19.5 Å². The van der Waals surface area contributed by atoms with Crippen molar-refractivity contribution in [1.82, 2.24) is 19.4 Å². The Morgan fingerprint density at radius 1 is 1.09 bits per heavy atom. The van der Waals surface area contributed by atoms with Gasteiger partial charge in [0.2, 0.25) is 5.91 Å². The Bertz CT molecular complexity index is 1780. The number of piperazine rings is 1. The fraction of sp³-hybridized carbons (Fsp3) is 0.333. The molecule has 1 atom stereocenters. The second-order valence-electron chi connectivity index (χ2n) is 11.3. The van der Waals surface area contributed by atoms with Gasteiger partial charge in [-0.25, -0.2) is 14.2 Å². The number of hydrogen-bond acceptors (Lipinski definition) is 8. The van der Waals surface area contributed by atoms with E-state index in [0.717, 1.165) is 44.3 Å². The molecule has 4 aromatic rings. The second kappa shape index (κ2) is 12.8. The number of ether oxygens (including phenoxy) is 1. The highest BCUT2D eigenvalue weighted by Gasteiger charge is 2.33. The van der Waals surface area contributed by atoms with Gasteiger partial charge in [0, 0.05) is 49.5 Å². The number of fused-ring (bicyclic) bond motifs is 1. The number of thiophene rings is 1. The predicted octanol–water partition coefficient (Wildman–Crippen LogP) is 5.72. The van der Waals surface area contributed by atoms with E-state index >= 15 is 4.39 Å². The SMILES string of the molecule is CCN1CCN(C)C(=O)C1c1ccc(Nc2nc(-c3cccc(NC(=O)Oc4cc5c(s4)CCCC5)c3F)cn(C)c2=O)cc1. The summed E-state index contributed by atoms with van der Waals surface area (Å²) in [6, 6.07) is 13.4. The molecule has 0 saturated carbocycles. The zero-order valence-electron chi connectivity index (χ0n) is 25.4. The molecule has 3 heterocycles. The van der Waals surface area contributed by atoms with Crippen molar-refractivity contribution in [3.05, 3.63) is 86.9 Å². The number of likely N-dealkylation sites (N-methyl/N-ethyl adjacent to an activating group) is 2. The molecule has 1 unspecified atom stereocenters. The molecular formula is C33H35FN6O4S. The number of nitrogens with zero attached hydrogens (tertiary/aromatic N) is 4. The van der Waals surface area contributed by atoms with E-state index in [1.165, 1.54) is 44.7 Å². The average Bonchev–Trinajstić information content (AvgIpc) is 3.44. The number of benzene rings is 2. The summed E-state index contributed by atoms with van der Waals surface area (Å²) in [5.41, 5.74) is 2.49. The fourth-order valence-corrected chi connectivity index (χ4v) is 6.95. The lowest BCUT2D eigenvalue weighted by atomic mass is 10.00. The van der Waals surface area contributed by atoms with Crippen molar-refractivity contribution in [2.24, 2.45) is 7.05 Å². The summed E-state index contributed by atoms with van der Waals surface area (Å²) in [5, 5.41) is 6.04. The number of rotatable bonds is 7. The van der Waals surface area contributed by atoms with Crippen LogP contribution in [-0.4, -0.2) is 58.0 Å². The number of carbonyl (C=O) groups excluding carboxylic acids is 2. The number of aromatic nitrogens is 2. The van der Waals surface area contributed by atoms with Crippen molar-refractivity contribution in [2.75, 3.05) is 37.3 Å². The van der Waals surface area contributed by atoms with Crippen LogP contribution in [-0.2, 0) is 24.7 Å². The van der Waals surface area contributed by atoms with Crippen LogP contribution in [0.1, 0.15) is 41.8 Å². The van der Waals surface area contributed by atoms with Crippen LogP contribution in [0.25, 0.3) is 11.3 Å². The molecule has 2 aliphatic rings. The summed E-state index contributed by atoms with van der Waals surface area (Å²) in [6.45, 7) is 4.27. The van der Waals surface area contributed by atoms with Gasteiger partial charge in [0.15, 0.2) is 16.7 Å². The predicted molar refractivity (Wildman–Crippen MR) is 173 cm³/mol. The lowest BCUT2D eigenvalue weighted by Gasteiger charge is -2.38. The van der Waals surface area contributed by atoms with E-state index in [0.29, 0.717) is 17.3 Å². The molecular weight excluding hydrogens is 595 g/mol. The molecule has 6 rings (SSSR count). The maximum atomic E-state index is 15.7. The van der Waals surface area contributed by atoms with Gasteiger partial charge >= 0.3 is 6.09 Å². The highest BCUT2D eigenvalue weighted by molar-refractivity contribution is 7.14. The van der Waals surface area contributed by atoms with Crippen LogP contribution in [0.2, 0.25) is 0 Å². The third-order valence-corrected chi connectivity index (χ3v) is 9.46. The first-order chi connectivity index (χ1) is 21.7. The Labute approximate surface area is 264 Å². The lowest BCUT2D eigenvalue weighted by Crippen LogP contribution is -2.50.